The number of carbonyl (C=O) groups excluding carboxylic acids is 4. The summed E-state index contributed by atoms with van der Waals surface area (Å²) in [5.41, 5.74) is -6.95. The van der Waals surface area contributed by atoms with Gasteiger partial charge in [0, 0.05) is 17.8 Å². The quantitative estimate of drug-likeness (QED) is 0.339. The molecule has 1 saturated carbocycles. The Kier molecular flexibility index (Phi) is 6.19. The molecule has 1 aromatic rings. The zero-order valence-electron chi connectivity index (χ0n) is 22.6. The van der Waals surface area contributed by atoms with Crippen LogP contribution in [0.4, 0.5) is 0 Å². The van der Waals surface area contributed by atoms with Crippen LogP contribution < -0.4 is 0 Å². The molecule has 0 bridgehead atoms. The number of ketones is 3. The molecule has 9 heteroatoms. The number of esters is 1. The van der Waals surface area contributed by atoms with E-state index in [-0.39, 0.29) is 23.3 Å². The summed E-state index contributed by atoms with van der Waals surface area (Å²) in [5.74, 6) is -7.93. The molecule has 3 aliphatic rings. The average Bonchev–Trinajstić information content (AvgIpc) is 2.82. The fourth-order valence-corrected chi connectivity index (χ4v) is 7.32. The van der Waals surface area contributed by atoms with Crippen LogP contribution in [0, 0.1) is 22.7 Å². The second kappa shape index (κ2) is 8.53. The zero-order chi connectivity index (χ0) is 28.7. The van der Waals surface area contributed by atoms with Crippen LogP contribution in [-0.2, 0) is 23.9 Å². The van der Waals surface area contributed by atoms with E-state index in [1.165, 1.54) is 13.0 Å². The lowest BCUT2D eigenvalue weighted by atomic mass is 9.40. The number of carbonyl (C=O) groups is 4. The van der Waals surface area contributed by atoms with Gasteiger partial charge in [-0.1, -0.05) is 53.7 Å². The highest BCUT2D eigenvalue weighted by Gasteiger charge is 2.78. The smallest absolute Gasteiger partial charge is 0.305 e. The second-order valence-electron chi connectivity index (χ2n) is 11.4. The fraction of sp³-hybridized carbons (Fsp3) is 0.517. The van der Waals surface area contributed by atoms with E-state index in [0.717, 1.165) is 6.92 Å². The van der Waals surface area contributed by atoms with Crippen molar-refractivity contribution in [3.63, 3.8) is 0 Å². The highest BCUT2D eigenvalue weighted by atomic mass is 16.5. The molecule has 0 amide bonds. The normalized spacial score (nSPS) is 34.6. The van der Waals surface area contributed by atoms with E-state index in [1.807, 2.05) is 0 Å². The number of Topliss-reactive ketones (excluding diaryl/α,β-unsaturated/α-hetero) is 3. The standard InChI is InChI=1S/C29H34O9/c1-8-17(32)38-26-27(6)13(4)15-10-9-11-16(31)19(15)23(34)21(27)25(36)29(37)24(35)18(14(5)30)22(33)20(12(2)3)28(26,29)7/h9-13,20,26,31,34-35,37H,8H2,1-7H3/t13-,20?,26-,27+,28+,29+/m1/s1. The number of hydrogen-bond acceptors (Lipinski definition) is 9. The number of ether oxygens (including phenoxy) is 1. The van der Waals surface area contributed by atoms with Gasteiger partial charge in [0.25, 0.3) is 0 Å². The van der Waals surface area contributed by atoms with Crippen LogP contribution in [0.5, 0.6) is 5.75 Å². The van der Waals surface area contributed by atoms with E-state index in [1.54, 1.807) is 46.8 Å². The third kappa shape index (κ3) is 3.02. The molecule has 0 aliphatic heterocycles. The van der Waals surface area contributed by atoms with Crippen LogP contribution >= 0.6 is 0 Å². The number of phenols is 1. The van der Waals surface area contributed by atoms with Gasteiger partial charge >= 0.3 is 5.97 Å². The average molecular weight is 527 g/mol. The summed E-state index contributed by atoms with van der Waals surface area (Å²) in [6.07, 6.45) is -1.48. The first-order valence-electron chi connectivity index (χ1n) is 12.8. The van der Waals surface area contributed by atoms with Gasteiger partial charge in [0.15, 0.2) is 17.2 Å². The summed E-state index contributed by atoms with van der Waals surface area (Å²) < 4.78 is 6.01. The number of allylic oxidation sites excluding steroid dienone is 1. The predicted octanol–water partition coefficient (Wildman–Crippen LogP) is 3.68. The highest BCUT2D eigenvalue weighted by molar-refractivity contribution is 6.24. The molecule has 1 aromatic carbocycles. The number of hydrogen-bond donors (Lipinski definition) is 4. The van der Waals surface area contributed by atoms with Crippen molar-refractivity contribution in [2.75, 3.05) is 0 Å². The van der Waals surface area contributed by atoms with Gasteiger partial charge in [-0.25, -0.2) is 0 Å². The molecular formula is C29H34O9. The number of aliphatic hydroxyl groups excluding tert-OH is 2. The number of rotatable bonds is 4. The lowest BCUT2D eigenvalue weighted by Crippen LogP contribution is -2.76. The monoisotopic (exact) mass is 526 g/mol. The summed E-state index contributed by atoms with van der Waals surface area (Å²) >= 11 is 0. The van der Waals surface area contributed by atoms with E-state index in [2.05, 4.69) is 0 Å². The summed E-state index contributed by atoms with van der Waals surface area (Å²) in [7, 11) is 0. The molecule has 0 aromatic heterocycles. The van der Waals surface area contributed by atoms with Crippen molar-refractivity contribution in [2.24, 2.45) is 22.7 Å². The first kappa shape index (κ1) is 27.6. The summed E-state index contributed by atoms with van der Waals surface area (Å²) in [6, 6.07) is 4.59. The first-order chi connectivity index (χ1) is 17.5. The van der Waals surface area contributed by atoms with Crippen molar-refractivity contribution in [3.8, 4) is 5.75 Å². The van der Waals surface area contributed by atoms with Crippen molar-refractivity contribution in [2.45, 2.75) is 72.5 Å². The van der Waals surface area contributed by atoms with Crippen LogP contribution in [-0.4, -0.2) is 55.5 Å². The lowest BCUT2D eigenvalue weighted by Gasteiger charge is -2.64. The number of phenolic OH excluding ortho intramolecular Hbond substituents is 1. The fourth-order valence-electron chi connectivity index (χ4n) is 7.32. The van der Waals surface area contributed by atoms with Gasteiger partial charge in [0.2, 0.25) is 5.78 Å². The van der Waals surface area contributed by atoms with Gasteiger partial charge in [-0.3, -0.25) is 19.2 Å². The first-order valence-corrected chi connectivity index (χ1v) is 12.8. The number of aliphatic hydroxyl groups is 3. The Morgan fingerprint density at radius 1 is 1.11 bits per heavy atom. The van der Waals surface area contributed by atoms with E-state index >= 15 is 0 Å². The summed E-state index contributed by atoms with van der Waals surface area (Å²) in [5, 5.41) is 45.8. The van der Waals surface area contributed by atoms with Gasteiger partial charge in [-0.05, 0) is 30.4 Å². The molecule has 4 N–H and O–H groups in total. The topological polar surface area (TPSA) is 158 Å². The second-order valence-corrected chi connectivity index (χ2v) is 11.4. The number of benzene rings is 1. The van der Waals surface area contributed by atoms with Gasteiger partial charge in [-0.15, -0.1) is 0 Å². The van der Waals surface area contributed by atoms with Gasteiger partial charge in [-0.2, -0.15) is 0 Å². The highest BCUT2D eigenvalue weighted by Crippen LogP contribution is 2.68. The Labute approximate surface area is 220 Å². The van der Waals surface area contributed by atoms with Gasteiger partial charge < -0.3 is 25.2 Å². The number of aromatic hydroxyl groups is 1. The van der Waals surface area contributed by atoms with Crippen LogP contribution in [0.15, 0.2) is 35.1 Å². The van der Waals surface area contributed by atoms with Crippen LogP contribution in [0.3, 0.4) is 0 Å². The lowest BCUT2D eigenvalue weighted by molar-refractivity contribution is -0.227. The van der Waals surface area contributed by atoms with E-state index in [4.69, 9.17) is 4.74 Å². The maximum Gasteiger partial charge on any atom is 0.305 e. The molecule has 4 rings (SSSR count). The van der Waals surface area contributed by atoms with Crippen LogP contribution in [0.1, 0.15) is 71.9 Å². The van der Waals surface area contributed by atoms with Crippen molar-refractivity contribution in [1.29, 1.82) is 0 Å². The minimum atomic E-state index is -2.90. The largest absolute Gasteiger partial charge is 0.508 e. The maximum atomic E-state index is 14.5. The van der Waals surface area contributed by atoms with Crippen molar-refractivity contribution in [1.82, 2.24) is 0 Å². The molecule has 3 aliphatic carbocycles. The molecule has 204 valence electrons. The molecule has 1 fully saturated rings. The van der Waals surface area contributed by atoms with E-state index in [9.17, 15) is 39.6 Å². The van der Waals surface area contributed by atoms with Crippen LogP contribution in [0.2, 0.25) is 0 Å². The molecule has 0 saturated heterocycles. The zero-order valence-corrected chi connectivity index (χ0v) is 22.6. The van der Waals surface area contributed by atoms with E-state index < -0.39 is 80.7 Å². The van der Waals surface area contributed by atoms with E-state index in [0.29, 0.717) is 5.56 Å². The Morgan fingerprint density at radius 2 is 1.71 bits per heavy atom. The van der Waals surface area contributed by atoms with Crippen molar-refractivity contribution >= 4 is 29.1 Å². The van der Waals surface area contributed by atoms with Crippen LogP contribution in [0.25, 0.3) is 5.76 Å². The molecule has 1 unspecified atom stereocenters. The molecule has 0 radical (unpaired) electrons. The molecule has 0 heterocycles. The molecular weight excluding hydrogens is 492 g/mol. The SMILES string of the molecule is CCC(=O)O[C@@H]1[C@]2(C)C(=C(O)c3c(O)cccc3[C@H]2C)C(=O)[C@@]2(O)C(O)=C(C(C)=O)C(=O)C(C(C)C)[C@@]12C. The van der Waals surface area contributed by atoms with Gasteiger partial charge in [0.05, 0.1) is 16.6 Å². The predicted molar refractivity (Wildman–Crippen MR) is 136 cm³/mol. The summed E-state index contributed by atoms with van der Waals surface area (Å²) in [4.78, 5) is 53.7. The molecule has 0 spiro atoms. The number of fused-ring (bicyclic) bond motifs is 3. The van der Waals surface area contributed by atoms with Gasteiger partial charge in [0.1, 0.15) is 28.9 Å². The third-order valence-corrected chi connectivity index (χ3v) is 9.19. The Hall–Kier alpha value is -3.46. The maximum absolute atomic E-state index is 14.5. The Balaban J connectivity index is 2.23. The Bertz CT molecular complexity index is 1350. The van der Waals surface area contributed by atoms with Crippen molar-refractivity contribution < 1.29 is 44.3 Å². The molecule has 9 nitrogen and oxygen atoms in total. The summed E-state index contributed by atoms with van der Waals surface area (Å²) in [6.45, 7) is 10.7. The third-order valence-electron chi connectivity index (χ3n) is 9.19. The minimum absolute atomic E-state index is 0.0175. The minimum Gasteiger partial charge on any atom is -0.508 e. The Morgan fingerprint density at radius 3 is 2.24 bits per heavy atom. The molecule has 6 atom stereocenters. The van der Waals surface area contributed by atoms with Crippen molar-refractivity contribution in [3.05, 3.63) is 46.2 Å². The molecule has 38 heavy (non-hydrogen) atoms.